The second-order valence-electron chi connectivity index (χ2n) is 2.84. The summed E-state index contributed by atoms with van der Waals surface area (Å²) in [5.74, 6) is 2.04. The molecule has 2 heterocycles. The Morgan fingerprint density at radius 3 is 2.82 bits per heavy atom. The zero-order valence-electron chi connectivity index (χ0n) is 6.41. The third-order valence-corrected chi connectivity index (χ3v) is 1.75. The molecule has 4 nitrogen and oxygen atoms in total. The van der Waals surface area contributed by atoms with Gasteiger partial charge in [0.2, 0.25) is 5.89 Å². The van der Waals surface area contributed by atoms with Gasteiger partial charge in [0.05, 0.1) is 13.2 Å². The van der Waals surface area contributed by atoms with Crippen LogP contribution in [0, 0.1) is 12.8 Å². The molecule has 0 amide bonds. The third kappa shape index (κ3) is 1.40. The van der Waals surface area contributed by atoms with E-state index in [1.54, 1.807) is 6.92 Å². The molecular weight excluding hydrogens is 144 g/mol. The first-order valence-corrected chi connectivity index (χ1v) is 3.71. The van der Waals surface area contributed by atoms with Crippen LogP contribution in [-0.4, -0.2) is 23.4 Å². The van der Waals surface area contributed by atoms with E-state index in [9.17, 15) is 0 Å². The van der Waals surface area contributed by atoms with Crippen molar-refractivity contribution in [2.75, 3.05) is 13.2 Å². The summed E-state index contributed by atoms with van der Waals surface area (Å²) in [4.78, 5) is 4.10. The van der Waals surface area contributed by atoms with Crippen LogP contribution in [0.4, 0.5) is 0 Å². The normalized spacial score (nSPS) is 18.3. The standard InChI is InChI=1S/C7H10N2O2/c1-5-8-7(9-11-5)2-6-3-10-4-6/h6H,2-4H2,1H3. The fourth-order valence-electron chi connectivity index (χ4n) is 1.08. The van der Waals surface area contributed by atoms with E-state index in [0.29, 0.717) is 11.8 Å². The molecule has 0 atom stereocenters. The maximum absolute atomic E-state index is 5.03. The van der Waals surface area contributed by atoms with Crippen molar-refractivity contribution >= 4 is 0 Å². The van der Waals surface area contributed by atoms with Crippen LogP contribution in [0.1, 0.15) is 11.7 Å². The minimum Gasteiger partial charge on any atom is -0.381 e. The molecule has 4 heteroatoms. The van der Waals surface area contributed by atoms with Gasteiger partial charge >= 0.3 is 0 Å². The van der Waals surface area contributed by atoms with Crippen molar-refractivity contribution in [3.05, 3.63) is 11.7 Å². The highest BCUT2D eigenvalue weighted by atomic mass is 16.5. The fourth-order valence-corrected chi connectivity index (χ4v) is 1.08. The monoisotopic (exact) mass is 154 g/mol. The van der Waals surface area contributed by atoms with Gasteiger partial charge in [-0.2, -0.15) is 4.98 Å². The van der Waals surface area contributed by atoms with E-state index < -0.39 is 0 Å². The van der Waals surface area contributed by atoms with Crippen molar-refractivity contribution < 1.29 is 9.26 Å². The Hall–Kier alpha value is -0.900. The van der Waals surface area contributed by atoms with Gasteiger partial charge in [-0.25, -0.2) is 0 Å². The molecule has 1 aliphatic rings. The summed E-state index contributed by atoms with van der Waals surface area (Å²) in [5.41, 5.74) is 0. The van der Waals surface area contributed by atoms with E-state index in [4.69, 9.17) is 9.26 Å². The van der Waals surface area contributed by atoms with Crippen molar-refractivity contribution in [3.8, 4) is 0 Å². The van der Waals surface area contributed by atoms with Gasteiger partial charge in [0, 0.05) is 19.3 Å². The minimum atomic E-state index is 0.604. The van der Waals surface area contributed by atoms with Crippen molar-refractivity contribution in [3.63, 3.8) is 0 Å². The van der Waals surface area contributed by atoms with Gasteiger partial charge in [-0.05, 0) is 0 Å². The van der Waals surface area contributed by atoms with Crippen LogP contribution in [0.25, 0.3) is 0 Å². The van der Waals surface area contributed by atoms with Gasteiger partial charge in [-0.1, -0.05) is 5.16 Å². The van der Waals surface area contributed by atoms with E-state index in [1.165, 1.54) is 0 Å². The lowest BCUT2D eigenvalue weighted by molar-refractivity contribution is -0.0322. The molecule has 1 aliphatic heterocycles. The van der Waals surface area contributed by atoms with Gasteiger partial charge in [0.1, 0.15) is 0 Å². The van der Waals surface area contributed by atoms with Gasteiger partial charge in [-0.3, -0.25) is 0 Å². The highest BCUT2D eigenvalue weighted by Crippen LogP contribution is 2.14. The Balaban J connectivity index is 1.95. The fraction of sp³-hybridized carbons (Fsp3) is 0.714. The lowest BCUT2D eigenvalue weighted by Crippen LogP contribution is -2.29. The van der Waals surface area contributed by atoms with E-state index in [0.717, 1.165) is 25.5 Å². The third-order valence-electron chi connectivity index (χ3n) is 1.75. The molecule has 60 valence electrons. The highest BCUT2D eigenvalue weighted by Gasteiger charge is 2.20. The smallest absolute Gasteiger partial charge is 0.223 e. The van der Waals surface area contributed by atoms with E-state index in [-0.39, 0.29) is 0 Å². The quantitative estimate of drug-likeness (QED) is 0.624. The first kappa shape index (κ1) is 6.79. The van der Waals surface area contributed by atoms with Crippen molar-refractivity contribution in [1.82, 2.24) is 10.1 Å². The molecule has 11 heavy (non-hydrogen) atoms. The highest BCUT2D eigenvalue weighted by molar-refractivity contribution is 4.87. The SMILES string of the molecule is Cc1nc(CC2COC2)no1. The molecule has 2 rings (SSSR count). The number of nitrogens with zero attached hydrogens (tertiary/aromatic N) is 2. The maximum Gasteiger partial charge on any atom is 0.223 e. The van der Waals surface area contributed by atoms with Crippen LogP contribution < -0.4 is 0 Å². The summed E-state index contributed by atoms with van der Waals surface area (Å²) < 4.78 is 9.86. The summed E-state index contributed by atoms with van der Waals surface area (Å²) in [5, 5.41) is 3.80. The second kappa shape index (κ2) is 2.62. The van der Waals surface area contributed by atoms with Gasteiger partial charge in [0.25, 0.3) is 0 Å². The van der Waals surface area contributed by atoms with Crippen LogP contribution >= 0.6 is 0 Å². The van der Waals surface area contributed by atoms with Crippen LogP contribution in [0.5, 0.6) is 0 Å². The molecule has 0 unspecified atom stereocenters. The summed E-state index contributed by atoms with van der Waals surface area (Å²) in [6.45, 7) is 3.48. The van der Waals surface area contributed by atoms with Gasteiger partial charge in [0.15, 0.2) is 5.82 Å². The van der Waals surface area contributed by atoms with Gasteiger partial charge < -0.3 is 9.26 Å². The topological polar surface area (TPSA) is 48.2 Å². The number of aryl methyl sites for hydroxylation is 1. The Morgan fingerprint density at radius 1 is 1.55 bits per heavy atom. The predicted octanol–water partition coefficient (Wildman–Crippen LogP) is 0.567. The molecule has 0 aliphatic carbocycles. The number of aromatic nitrogens is 2. The molecule has 1 saturated heterocycles. The Kier molecular flexibility index (Phi) is 1.62. The minimum absolute atomic E-state index is 0.604. The zero-order chi connectivity index (χ0) is 7.68. The molecule has 1 aromatic heterocycles. The maximum atomic E-state index is 5.03. The largest absolute Gasteiger partial charge is 0.381 e. The van der Waals surface area contributed by atoms with Gasteiger partial charge in [-0.15, -0.1) is 0 Å². The van der Waals surface area contributed by atoms with Crippen LogP contribution in [0.3, 0.4) is 0 Å². The summed E-state index contributed by atoms with van der Waals surface area (Å²) in [7, 11) is 0. The lowest BCUT2D eigenvalue weighted by Gasteiger charge is -2.24. The number of hydrogen-bond donors (Lipinski definition) is 0. The molecule has 0 spiro atoms. The second-order valence-corrected chi connectivity index (χ2v) is 2.84. The van der Waals surface area contributed by atoms with Crippen molar-refractivity contribution in [2.45, 2.75) is 13.3 Å². The Bertz CT molecular complexity index is 242. The zero-order valence-corrected chi connectivity index (χ0v) is 6.41. The molecular formula is C7H10N2O2. The average molecular weight is 154 g/mol. The first-order valence-electron chi connectivity index (χ1n) is 3.71. The van der Waals surface area contributed by atoms with E-state index in [2.05, 4.69) is 10.1 Å². The number of ether oxygens (including phenoxy) is 1. The van der Waals surface area contributed by atoms with E-state index >= 15 is 0 Å². The van der Waals surface area contributed by atoms with Crippen LogP contribution in [-0.2, 0) is 11.2 Å². The first-order chi connectivity index (χ1) is 5.34. The van der Waals surface area contributed by atoms with Crippen molar-refractivity contribution in [2.24, 2.45) is 5.92 Å². The number of hydrogen-bond acceptors (Lipinski definition) is 4. The molecule has 0 bridgehead atoms. The van der Waals surface area contributed by atoms with Crippen LogP contribution in [0.2, 0.25) is 0 Å². The summed E-state index contributed by atoms with van der Waals surface area (Å²) >= 11 is 0. The molecule has 0 N–H and O–H groups in total. The summed E-state index contributed by atoms with van der Waals surface area (Å²) in [6.07, 6.45) is 0.886. The molecule has 1 fully saturated rings. The van der Waals surface area contributed by atoms with E-state index in [1.807, 2.05) is 0 Å². The molecule has 0 saturated carbocycles. The predicted molar refractivity (Wildman–Crippen MR) is 37.0 cm³/mol. The Labute approximate surface area is 64.5 Å². The van der Waals surface area contributed by atoms with Crippen molar-refractivity contribution in [1.29, 1.82) is 0 Å². The molecule has 0 aromatic carbocycles. The number of rotatable bonds is 2. The molecule has 1 aromatic rings. The Morgan fingerprint density at radius 2 is 2.36 bits per heavy atom. The lowest BCUT2D eigenvalue weighted by atomic mass is 10.0. The average Bonchev–Trinajstić information content (AvgIpc) is 2.27. The van der Waals surface area contributed by atoms with Crippen LogP contribution in [0.15, 0.2) is 4.52 Å². The molecule has 0 radical (unpaired) electrons. The summed E-state index contributed by atoms with van der Waals surface area (Å²) in [6, 6.07) is 0.